The average Bonchev–Trinajstić information content (AvgIpc) is 3.62. The molecule has 3 fully saturated rings. The molecule has 2 aliphatic carbocycles. The molecule has 1 aliphatic heterocycles. The zero-order chi connectivity index (χ0) is 24.6. The molecular formula is C28H34N6O2. The first-order valence-electron chi connectivity index (χ1n) is 13.0. The molecule has 0 unspecified atom stereocenters. The summed E-state index contributed by atoms with van der Waals surface area (Å²) in [7, 11) is 0. The lowest BCUT2D eigenvalue weighted by molar-refractivity contribution is 0.100. The van der Waals surface area contributed by atoms with Crippen LogP contribution < -0.4 is 27.0 Å². The van der Waals surface area contributed by atoms with E-state index in [9.17, 15) is 4.79 Å². The lowest BCUT2D eigenvalue weighted by atomic mass is 9.89. The number of nitrogens with zero attached hydrogens (tertiary/aromatic N) is 2. The first-order chi connectivity index (χ1) is 17.5. The van der Waals surface area contributed by atoms with Crippen LogP contribution in [-0.2, 0) is 0 Å². The molecule has 2 heterocycles. The predicted molar refractivity (Wildman–Crippen MR) is 142 cm³/mol. The van der Waals surface area contributed by atoms with E-state index in [0.717, 1.165) is 36.6 Å². The minimum absolute atomic E-state index is 0.270. The number of aromatic nitrogens is 1. The van der Waals surface area contributed by atoms with Gasteiger partial charge in [-0.3, -0.25) is 4.79 Å². The fraction of sp³-hybridized carbons (Fsp3) is 0.429. The van der Waals surface area contributed by atoms with E-state index in [1.807, 2.05) is 24.3 Å². The van der Waals surface area contributed by atoms with Gasteiger partial charge in [-0.2, -0.15) is 0 Å². The topological polar surface area (TPSA) is 122 Å². The van der Waals surface area contributed by atoms with Gasteiger partial charge in [0.25, 0.3) is 6.01 Å². The van der Waals surface area contributed by atoms with Gasteiger partial charge in [-0.15, -0.1) is 0 Å². The molecule has 2 aromatic carbocycles. The number of piperidine rings is 1. The van der Waals surface area contributed by atoms with Crippen LogP contribution in [0, 0.1) is 5.92 Å². The summed E-state index contributed by atoms with van der Waals surface area (Å²) in [6.07, 6.45) is 8.90. The van der Waals surface area contributed by atoms with Gasteiger partial charge >= 0.3 is 0 Å². The Bertz CT molecular complexity index is 1210. The summed E-state index contributed by atoms with van der Waals surface area (Å²) in [5, 5.41) is 7.62. The molecule has 0 radical (unpaired) electrons. The highest BCUT2D eigenvalue weighted by Gasteiger charge is 2.46. The predicted octanol–water partition coefficient (Wildman–Crippen LogP) is 4.00. The molecule has 0 spiro atoms. The number of carbonyl (C=O) groups excluding carboxylic acids is 1. The van der Waals surface area contributed by atoms with Gasteiger partial charge in [0.1, 0.15) is 0 Å². The quantitative estimate of drug-likeness (QED) is 0.372. The van der Waals surface area contributed by atoms with Crippen LogP contribution in [-0.4, -0.2) is 41.6 Å². The molecule has 8 nitrogen and oxygen atoms in total. The van der Waals surface area contributed by atoms with Crippen LogP contribution >= 0.6 is 0 Å². The third kappa shape index (κ3) is 4.53. The first kappa shape index (κ1) is 22.9. The van der Waals surface area contributed by atoms with E-state index in [2.05, 4.69) is 32.7 Å². The van der Waals surface area contributed by atoms with E-state index < -0.39 is 5.91 Å². The Balaban J connectivity index is 1.12. The van der Waals surface area contributed by atoms with Crippen molar-refractivity contribution in [2.75, 3.05) is 22.5 Å². The number of nitrogens with two attached hydrogens (primary N) is 2. The van der Waals surface area contributed by atoms with Crippen molar-refractivity contribution in [2.45, 2.75) is 62.7 Å². The van der Waals surface area contributed by atoms with Crippen molar-refractivity contribution in [1.82, 2.24) is 10.3 Å². The number of fused-ring (bicyclic) bond motifs is 2. The van der Waals surface area contributed by atoms with Gasteiger partial charge in [0.2, 0.25) is 5.91 Å². The molecule has 6 N–H and O–H groups in total. The number of amides is 1. The van der Waals surface area contributed by atoms with Crippen LogP contribution in [0.2, 0.25) is 0 Å². The van der Waals surface area contributed by atoms with Crippen LogP contribution in [0.1, 0.15) is 48.9 Å². The Morgan fingerprint density at radius 2 is 1.72 bits per heavy atom. The number of hydrogen-bond donors (Lipinski definition) is 4. The van der Waals surface area contributed by atoms with Gasteiger partial charge in [-0.1, -0.05) is 25.0 Å². The number of nitrogens with one attached hydrogen (secondary N) is 2. The third-order valence-electron chi connectivity index (χ3n) is 8.17. The third-order valence-corrected chi connectivity index (χ3v) is 8.17. The summed E-state index contributed by atoms with van der Waals surface area (Å²) in [4.78, 5) is 18.4. The number of carbonyl (C=O) groups is 1. The van der Waals surface area contributed by atoms with Gasteiger partial charge < -0.3 is 31.4 Å². The zero-order valence-electron chi connectivity index (χ0n) is 20.4. The van der Waals surface area contributed by atoms with Gasteiger partial charge in [0, 0.05) is 53.2 Å². The summed E-state index contributed by atoms with van der Waals surface area (Å²) in [5.41, 5.74) is 14.7. The van der Waals surface area contributed by atoms with E-state index in [4.69, 9.17) is 15.9 Å². The molecular weight excluding hydrogens is 452 g/mol. The second kappa shape index (κ2) is 9.50. The molecule has 8 heteroatoms. The summed E-state index contributed by atoms with van der Waals surface area (Å²) in [6, 6.07) is 17.6. The van der Waals surface area contributed by atoms with Crippen molar-refractivity contribution in [3.05, 3.63) is 60.3 Å². The molecule has 188 valence electrons. The molecule has 1 saturated heterocycles. The fourth-order valence-electron chi connectivity index (χ4n) is 6.38. The minimum Gasteiger partial charge on any atom is -0.424 e. The number of rotatable bonds is 7. The largest absolute Gasteiger partial charge is 0.424 e. The van der Waals surface area contributed by atoms with E-state index in [0.29, 0.717) is 35.5 Å². The van der Waals surface area contributed by atoms with Crippen LogP contribution in [0.4, 0.5) is 17.4 Å². The second-order valence-corrected chi connectivity index (χ2v) is 10.5. The van der Waals surface area contributed by atoms with Crippen molar-refractivity contribution >= 4 is 23.3 Å². The van der Waals surface area contributed by atoms with Crippen molar-refractivity contribution in [3.63, 3.8) is 0 Å². The maximum absolute atomic E-state index is 11.3. The van der Waals surface area contributed by atoms with E-state index >= 15 is 0 Å². The normalized spacial score (nSPS) is 27.3. The molecule has 1 amide bonds. The fourth-order valence-corrected chi connectivity index (χ4v) is 6.38. The Kier molecular flexibility index (Phi) is 6.05. The monoisotopic (exact) mass is 486 g/mol. The Hall–Kier alpha value is -3.52. The standard InChI is InChI=1S/C28H34N6O2/c29-20-9-11-21(12-10-20)34-16-17-13-24(25(34)14-17)32-22-3-1-2-4-23(22)33-28-31-15-26(36-28)18-5-7-19(8-6-18)27(30)35/h5-12,15,17,22-25,32H,1-4,13-14,16,29H2,(H2,30,35)(H,31,33)/t17-,22-,23-,24+,25-/m1/s1. The number of anilines is 3. The zero-order valence-corrected chi connectivity index (χ0v) is 20.4. The highest BCUT2D eigenvalue weighted by molar-refractivity contribution is 5.93. The Morgan fingerprint density at radius 1 is 0.972 bits per heavy atom. The summed E-state index contributed by atoms with van der Waals surface area (Å²) < 4.78 is 6.04. The summed E-state index contributed by atoms with van der Waals surface area (Å²) in [6.45, 7) is 1.14. The molecule has 3 aliphatic rings. The van der Waals surface area contributed by atoms with Crippen molar-refractivity contribution in [3.8, 4) is 11.3 Å². The van der Waals surface area contributed by atoms with Crippen LogP contribution in [0.15, 0.2) is 59.1 Å². The number of benzene rings is 2. The SMILES string of the molecule is NC(=O)c1ccc(-c2cnc(N[C@@H]3CCCC[C@H]3N[C@H]3C[C@@H]4C[C@H]3N(c3ccc(N)cc3)C4)o2)cc1. The number of nitrogen functional groups attached to an aromatic ring is 1. The number of primary amides is 1. The van der Waals surface area contributed by atoms with Gasteiger partial charge in [-0.25, -0.2) is 4.98 Å². The number of oxazole rings is 1. The summed E-state index contributed by atoms with van der Waals surface area (Å²) >= 11 is 0. The number of hydrogen-bond acceptors (Lipinski definition) is 7. The average molecular weight is 487 g/mol. The maximum Gasteiger partial charge on any atom is 0.295 e. The smallest absolute Gasteiger partial charge is 0.295 e. The van der Waals surface area contributed by atoms with Gasteiger partial charge in [-0.05, 0) is 68.0 Å². The molecule has 6 rings (SSSR count). The Labute approximate surface area is 211 Å². The maximum atomic E-state index is 11.3. The highest BCUT2D eigenvalue weighted by Crippen LogP contribution is 2.41. The molecule has 5 atom stereocenters. The lowest BCUT2D eigenvalue weighted by Crippen LogP contribution is -2.56. The van der Waals surface area contributed by atoms with Crippen LogP contribution in [0.3, 0.4) is 0 Å². The van der Waals surface area contributed by atoms with Crippen LogP contribution in [0.5, 0.6) is 0 Å². The first-order valence-corrected chi connectivity index (χ1v) is 13.0. The van der Waals surface area contributed by atoms with Crippen molar-refractivity contribution in [2.24, 2.45) is 11.7 Å². The second-order valence-electron chi connectivity index (χ2n) is 10.5. The molecule has 3 aromatic rings. The van der Waals surface area contributed by atoms with Gasteiger partial charge in [0.15, 0.2) is 5.76 Å². The minimum atomic E-state index is -0.440. The van der Waals surface area contributed by atoms with E-state index in [1.54, 1.807) is 18.3 Å². The van der Waals surface area contributed by atoms with Gasteiger partial charge in [0.05, 0.1) is 6.20 Å². The van der Waals surface area contributed by atoms with E-state index in [1.165, 1.54) is 31.4 Å². The van der Waals surface area contributed by atoms with E-state index in [-0.39, 0.29) is 6.04 Å². The molecule has 36 heavy (non-hydrogen) atoms. The van der Waals surface area contributed by atoms with Crippen molar-refractivity contribution in [1.29, 1.82) is 0 Å². The summed E-state index contributed by atoms with van der Waals surface area (Å²) in [5.74, 6) is 0.973. The molecule has 2 saturated carbocycles. The highest BCUT2D eigenvalue weighted by atomic mass is 16.4. The lowest BCUT2D eigenvalue weighted by Gasteiger charge is -2.40. The molecule has 1 aromatic heterocycles. The Morgan fingerprint density at radius 3 is 2.44 bits per heavy atom. The molecule has 2 bridgehead atoms. The van der Waals surface area contributed by atoms with Crippen molar-refractivity contribution < 1.29 is 9.21 Å². The van der Waals surface area contributed by atoms with Crippen LogP contribution in [0.25, 0.3) is 11.3 Å².